The van der Waals surface area contributed by atoms with Crippen LogP contribution in [-0.2, 0) is 6.42 Å². The molecule has 8 heteroatoms. The number of aromatic amines is 1. The highest BCUT2D eigenvalue weighted by Crippen LogP contribution is 2.24. The molecule has 0 spiro atoms. The zero-order valence-electron chi connectivity index (χ0n) is 17.2. The molecule has 2 aliphatic heterocycles. The van der Waals surface area contributed by atoms with Crippen molar-refractivity contribution in [3.05, 3.63) is 67.3 Å². The Morgan fingerprint density at radius 1 is 1.26 bits per heavy atom. The summed E-state index contributed by atoms with van der Waals surface area (Å²) in [6, 6.07) is 10.2. The number of hydrogen-bond donors (Lipinski definition) is 2. The molecule has 2 aromatic heterocycles. The van der Waals surface area contributed by atoms with Crippen molar-refractivity contribution in [3.63, 3.8) is 0 Å². The molecule has 0 amide bonds. The van der Waals surface area contributed by atoms with E-state index in [0.717, 1.165) is 50.4 Å². The minimum Gasteiger partial charge on any atom is -0.344 e. The Labute approximate surface area is 183 Å². The van der Waals surface area contributed by atoms with Crippen LogP contribution in [0.3, 0.4) is 0 Å². The SMILES string of the molecule is C=c1[nH]c(=O)/c(=C/c2ccnc(N3CCC(CN=C4Cc5ccccc5N4)CC3)n2)s1. The number of benzene rings is 1. The molecule has 5 rings (SSSR count). The van der Waals surface area contributed by atoms with Gasteiger partial charge in [0.1, 0.15) is 5.84 Å². The number of hydrogen-bond acceptors (Lipinski definition) is 6. The van der Waals surface area contributed by atoms with Crippen LogP contribution in [0.4, 0.5) is 11.6 Å². The lowest BCUT2D eigenvalue weighted by Crippen LogP contribution is -2.36. The molecule has 31 heavy (non-hydrogen) atoms. The van der Waals surface area contributed by atoms with Crippen molar-refractivity contribution in [2.75, 3.05) is 29.9 Å². The summed E-state index contributed by atoms with van der Waals surface area (Å²) in [6.45, 7) is 6.46. The summed E-state index contributed by atoms with van der Waals surface area (Å²) in [5.41, 5.74) is 3.11. The Kier molecular flexibility index (Phi) is 5.38. The number of aromatic nitrogens is 3. The van der Waals surface area contributed by atoms with Crippen molar-refractivity contribution in [2.45, 2.75) is 19.3 Å². The normalized spacial score (nSPS) is 18.4. The van der Waals surface area contributed by atoms with E-state index >= 15 is 0 Å². The molecule has 0 unspecified atom stereocenters. The first-order valence-electron chi connectivity index (χ1n) is 10.5. The fourth-order valence-corrected chi connectivity index (χ4v) is 4.78. The van der Waals surface area contributed by atoms with Crippen LogP contribution in [0.5, 0.6) is 0 Å². The first kappa shape index (κ1) is 19.7. The van der Waals surface area contributed by atoms with Crippen LogP contribution in [0.2, 0.25) is 0 Å². The van der Waals surface area contributed by atoms with E-state index < -0.39 is 0 Å². The van der Waals surface area contributed by atoms with Gasteiger partial charge < -0.3 is 15.2 Å². The van der Waals surface area contributed by atoms with E-state index in [0.29, 0.717) is 21.1 Å². The topological polar surface area (TPSA) is 86.3 Å². The van der Waals surface area contributed by atoms with Gasteiger partial charge in [-0.1, -0.05) is 24.8 Å². The van der Waals surface area contributed by atoms with Crippen LogP contribution >= 0.6 is 11.3 Å². The van der Waals surface area contributed by atoms with Crippen molar-refractivity contribution in [1.82, 2.24) is 15.0 Å². The van der Waals surface area contributed by atoms with Crippen LogP contribution in [0.1, 0.15) is 24.1 Å². The van der Waals surface area contributed by atoms with E-state index in [1.165, 1.54) is 22.6 Å². The van der Waals surface area contributed by atoms with Gasteiger partial charge in [0.2, 0.25) is 5.95 Å². The highest BCUT2D eigenvalue weighted by Gasteiger charge is 2.22. The molecule has 1 aromatic carbocycles. The average molecular weight is 433 g/mol. The molecule has 2 N–H and O–H groups in total. The Morgan fingerprint density at radius 3 is 2.87 bits per heavy atom. The third-order valence-corrected chi connectivity index (χ3v) is 6.62. The van der Waals surface area contributed by atoms with Crippen LogP contribution in [0.25, 0.3) is 12.7 Å². The Balaban J connectivity index is 1.20. The standard InChI is InChI=1S/C23H24N6OS/c1-15-26-22(30)20(31-15)13-18-6-9-24-23(27-18)29-10-7-16(8-11-29)14-25-21-12-17-4-2-3-5-19(17)28-21/h2-6,9,13,16H,1,7-8,10-12,14H2,(H,25,28)(H,26,30)/b20-13-. The number of H-pyrrole nitrogens is 1. The van der Waals surface area contributed by atoms with E-state index in [4.69, 9.17) is 4.99 Å². The maximum atomic E-state index is 11.9. The van der Waals surface area contributed by atoms with Crippen molar-refractivity contribution in [3.8, 4) is 0 Å². The second kappa shape index (κ2) is 8.47. The zero-order chi connectivity index (χ0) is 21.2. The van der Waals surface area contributed by atoms with Crippen LogP contribution in [-0.4, -0.2) is 40.4 Å². The average Bonchev–Trinajstić information content (AvgIpc) is 3.34. The molecular weight excluding hydrogens is 408 g/mol. The smallest absolute Gasteiger partial charge is 0.266 e. The van der Waals surface area contributed by atoms with Crippen molar-refractivity contribution in [2.24, 2.45) is 10.9 Å². The van der Waals surface area contributed by atoms with Gasteiger partial charge in [-0.2, -0.15) is 0 Å². The van der Waals surface area contributed by atoms with Gasteiger partial charge in [-0.3, -0.25) is 9.79 Å². The summed E-state index contributed by atoms with van der Waals surface area (Å²) in [4.78, 5) is 30.8. The Hall–Kier alpha value is -3.26. The monoisotopic (exact) mass is 432 g/mol. The number of anilines is 2. The summed E-state index contributed by atoms with van der Waals surface area (Å²) in [7, 11) is 0. The van der Waals surface area contributed by atoms with Crippen molar-refractivity contribution in [1.29, 1.82) is 0 Å². The van der Waals surface area contributed by atoms with Gasteiger partial charge in [0.15, 0.2) is 0 Å². The van der Waals surface area contributed by atoms with Crippen molar-refractivity contribution < 1.29 is 0 Å². The van der Waals surface area contributed by atoms with Gasteiger partial charge in [-0.05, 0) is 42.5 Å². The fraction of sp³-hybridized carbons (Fsp3) is 0.304. The maximum Gasteiger partial charge on any atom is 0.266 e. The fourth-order valence-electron chi connectivity index (χ4n) is 4.04. The highest BCUT2D eigenvalue weighted by molar-refractivity contribution is 7.07. The van der Waals surface area contributed by atoms with E-state index in [2.05, 4.69) is 56.0 Å². The number of amidine groups is 1. The Bertz CT molecular complexity index is 1260. The number of nitrogens with zero attached hydrogens (tertiary/aromatic N) is 4. The number of para-hydroxylation sites is 1. The lowest BCUT2D eigenvalue weighted by atomic mass is 9.97. The number of thiazole rings is 1. The molecule has 0 saturated carbocycles. The lowest BCUT2D eigenvalue weighted by Gasteiger charge is -2.31. The first-order valence-corrected chi connectivity index (χ1v) is 11.3. The predicted octanol–water partition coefficient (Wildman–Crippen LogP) is 1.75. The van der Waals surface area contributed by atoms with E-state index in [-0.39, 0.29) is 5.56 Å². The zero-order valence-corrected chi connectivity index (χ0v) is 18.0. The number of aliphatic imine (C=N–C) groups is 1. The number of fused-ring (bicyclic) bond motifs is 1. The van der Waals surface area contributed by atoms with Crippen LogP contribution < -0.4 is 25.0 Å². The molecule has 3 aromatic rings. The van der Waals surface area contributed by atoms with Gasteiger partial charge in [0.05, 0.1) is 14.9 Å². The van der Waals surface area contributed by atoms with Gasteiger partial charge in [-0.25, -0.2) is 9.97 Å². The molecule has 1 fully saturated rings. The summed E-state index contributed by atoms with van der Waals surface area (Å²) < 4.78 is 1.25. The number of rotatable bonds is 4. The molecule has 7 nitrogen and oxygen atoms in total. The molecule has 158 valence electrons. The molecule has 0 atom stereocenters. The summed E-state index contributed by atoms with van der Waals surface area (Å²) in [5.74, 6) is 2.36. The van der Waals surface area contributed by atoms with Gasteiger partial charge >= 0.3 is 0 Å². The molecule has 0 radical (unpaired) electrons. The minimum atomic E-state index is -0.127. The summed E-state index contributed by atoms with van der Waals surface area (Å²) in [5, 5.41) is 3.43. The van der Waals surface area contributed by atoms with Crippen LogP contribution in [0, 0.1) is 5.92 Å². The van der Waals surface area contributed by atoms with Gasteiger partial charge in [0.25, 0.3) is 5.56 Å². The third kappa shape index (κ3) is 4.44. The molecule has 2 aliphatic rings. The molecular formula is C23H24N6OS. The predicted molar refractivity (Wildman–Crippen MR) is 126 cm³/mol. The van der Waals surface area contributed by atoms with Gasteiger partial charge in [0, 0.05) is 37.9 Å². The van der Waals surface area contributed by atoms with Gasteiger partial charge in [-0.15, -0.1) is 11.3 Å². The Morgan fingerprint density at radius 2 is 2.10 bits per heavy atom. The third-order valence-electron chi connectivity index (χ3n) is 5.75. The largest absolute Gasteiger partial charge is 0.344 e. The molecule has 0 bridgehead atoms. The first-order chi connectivity index (χ1) is 15.1. The lowest BCUT2D eigenvalue weighted by molar-refractivity contribution is 0.412. The second-order valence-corrected chi connectivity index (χ2v) is 9.08. The number of piperidine rings is 1. The second-order valence-electron chi connectivity index (χ2n) is 7.95. The molecule has 1 saturated heterocycles. The quantitative estimate of drug-likeness (QED) is 0.656. The maximum absolute atomic E-state index is 11.9. The van der Waals surface area contributed by atoms with Crippen molar-refractivity contribution >= 4 is 41.5 Å². The minimum absolute atomic E-state index is 0.127. The van der Waals surface area contributed by atoms with E-state index in [1.807, 2.05) is 6.07 Å². The summed E-state index contributed by atoms with van der Waals surface area (Å²) in [6.07, 6.45) is 6.57. The highest BCUT2D eigenvalue weighted by atomic mass is 32.1. The summed E-state index contributed by atoms with van der Waals surface area (Å²) >= 11 is 1.34. The molecule has 0 aliphatic carbocycles. The molecule has 4 heterocycles. The van der Waals surface area contributed by atoms with Crippen LogP contribution in [0.15, 0.2) is 46.3 Å². The van der Waals surface area contributed by atoms with E-state index in [1.54, 1.807) is 12.3 Å². The van der Waals surface area contributed by atoms with E-state index in [9.17, 15) is 4.79 Å². The number of nitrogens with one attached hydrogen (secondary N) is 2.